The van der Waals surface area contributed by atoms with Gasteiger partial charge < -0.3 is 15.2 Å². The lowest BCUT2D eigenvalue weighted by Gasteiger charge is -2.43. The molecule has 0 spiro atoms. The minimum absolute atomic E-state index is 0.00307. The van der Waals surface area contributed by atoms with Crippen molar-refractivity contribution in [1.82, 2.24) is 0 Å². The average molecular weight is 523 g/mol. The van der Waals surface area contributed by atoms with Crippen LogP contribution in [0.2, 0.25) is 10.0 Å². The van der Waals surface area contributed by atoms with E-state index in [0.29, 0.717) is 32.9 Å². The van der Waals surface area contributed by atoms with Gasteiger partial charge in [0.05, 0.1) is 40.6 Å². The number of nitrogens with two attached hydrogens (primary N) is 1. The molecule has 2 atom stereocenters. The van der Waals surface area contributed by atoms with Crippen LogP contribution in [0.25, 0.3) is 0 Å². The lowest BCUT2D eigenvalue weighted by atomic mass is 9.59. The molecule has 9 heteroatoms. The fraction of sp³-hybridized carbons (Fsp3) is 0.269. The van der Waals surface area contributed by atoms with Gasteiger partial charge in [-0.05, 0) is 41.0 Å². The summed E-state index contributed by atoms with van der Waals surface area (Å²) in [6.07, 6.45) is 1.97. The molecular formula is C26H20Cl2N4O2S. The molecule has 2 N–H and O–H groups in total. The molecule has 4 rings (SSSR count). The van der Waals surface area contributed by atoms with Gasteiger partial charge in [-0.3, -0.25) is 0 Å². The molecule has 2 aromatic carbocycles. The van der Waals surface area contributed by atoms with E-state index in [9.17, 15) is 15.8 Å². The summed E-state index contributed by atoms with van der Waals surface area (Å²) in [5.74, 6) is 1.56. The van der Waals surface area contributed by atoms with Crippen molar-refractivity contribution < 1.29 is 9.47 Å². The molecule has 0 fully saturated rings. The predicted molar refractivity (Wildman–Crippen MR) is 136 cm³/mol. The Morgan fingerprint density at radius 3 is 2.51 bits per heavy atom. The van der Waals surface area contributed by atoms with Crippen molar-refractivity contribution in [2.45, 2.75) is 12.5 Å². The molecular weight excluding hydrogens is 503 g/mol. The van der Waals surface area contributed by atoms with E-state index < -0.39 is 11.3 Å². The molecule has 6 nitrogen and oxygen atoms in total. The number of hydrogen-bond donors (Lipinski definition) is 1. The lowest BCUT2D eigenvalue weighted by molar-refractivity contribution is 0.283. The second-order valence-corrected chi connectivity index (χ2v) is 10.0. The molecule has 176 valence electrons. The number of nitriles is 3. The van der Waals surface area contributed by atoms with Crippen LogP contribution in [-0.4, -0.2) is 18.6 Å². The number of rotatable bonds is 5. The molecule has 0 radical (unpaired) electrons. The van der Waals surface area contributed by atoms with Crippen LogP contribution in [-0.2, 0) is 6.61 Å². The Morgan fingerprint density at radius 1 is 1.09 bits per heavy atom. The first-order valence-electron chi connectivity index (χ1n) is 10.7. The summed E-state index contributed by atoms with van der Waals surface area (Å²) >= 11 is 13.8. The van der Waals surface area contributed by atoms with Crippen LogP contribution in [0.4, 0.5) is 0 Å². The van der Waals surface area contributed by atoms with Crippen molar-refractivity contribution in [3.63, 3.8) is 0 Å². The summed E-state index contributed by atoms with van der Waals surface area (Å²) < 4.78 is 11.6. The Hall–Kier alpha value is -3.28. The number of thioether (sulfide) groups is 1. The lowest BCUT2D eigenvalue weighted by Crippen LogP contribution is -2.43. The van der Waals surface area contributed by atoms with Gasteiger partial charge in [0, 0.05) is 23.3 Å². The highest BCUT2D eigenvalue weighted by Gasteiger charge is 2.54. The Morgan fingerprint density at radius 2 is 1.86 bits per heavy atom. The van der Waals surface area contributed by atoms with Gasteiger partial charge in [0.15, 0.2) is 16.9 Å². The minimum Gasteiger partial charge on any atom is -0.493 e. The number of methoxy groups -OCH3 is 1. The highest BCUT2D eigenvalue weighted by molar-refractivity contribution is 7.99. The number of benzene rings is 2. The molecule has 2 aromatic rings. The summed E-state index contributed by atoms with van der Waals surface area (Å²) in [6, 6.07) is 17.0. The largest absolute Gasteiger partial charge is 0.493 e. The van der Waals surface area contributed by atoms with Gasteiger partial charge in [0.2, 0.25) is 0 Å². The monoisotopic (exact) mass is 522 g/mol. The first-order chi connectivity index (χ1) is 16.9. The highest BCUT2D eigenvalue weighted by Crippen LogP contribution is 2.55. The van der Waals surface area contributed by atoms with Crippen molar-refractivity contribution in [3.05, 3.63) is 80.5 Å². The molecule has 0 unspecified atom stereocenters. The van der Waals surface area contributed by atoms with E-state index >= 15 is 0 Å². The molecule has 0 saturated carbocycles. The molecule has 1 aliphatic heterocycles. The SMILES string of the molecule is COc1cc([C@H]2[C@@H]3CSCC=C3C(C#N)=C(N)C2(C#N)C#N)ccc1OCc1ccc(Cl)c(Cl)c1. The van der Waals surface area contributed by atoms with Crippen LogP contribution in [0.1, 0.15) is 17.0 Å². The number of halogens is 2. The number of ether oxygens (including phenoxy) is 2. The molecule has 2 aliphatic rings. The summed E-state index contributed by atoms with van der Waals surface area (Å²) in [6.45, 7) is 0.240. The van der Waals surface area contributed by atoms with Crippen LogP contribution in [0.3, 0.4) is 0 Å². The summed E-state index contributed by atoms with van der Waals surface area (Å²) in [5.41, 5.74) is 7.26. The second kappa shape index (κ2) is 10.1. The average Bonchev–Trinajstić information content (AvgIpc) is 2.88. The molecule has 0 aromatic heterocycles. The Balaban J connectivity index is 1.75. The van der Waals surface area contributed by atoms with Crippen LogP contribution >= 0.6 is 35.0 Å². The quantitative estimate of drug-likeness (QED) is 0.532. The van der Waals surface area contributed by atoms with E-state index in [1.807, 2.05) is 18.2 Å². The van der Waals surface area contributed by atoms with Crippen molar-refractivity contribution in [3.8, 4) is 29.7 Å². The first kappa shape index (κ1) is 24.8. The van der Waals surface area contributed by atoms with Gasteiger partial charge in [-0.2, -0.15) is 27.5 Å². The van der Waals surface area contributed by atoms with E-state index in [0.717, 1.165) is 16.9 Å². The van der Waals surface area contributed by atoms with Crippen LogP contribution in [0.15, 0.2) is 59.3 Å². The number of allylic oxidation sites excluding steroid dienone is 3. The van der Waals surface area contributed by atoms with Gasteiger partial charge in [0.1, 0.15) is 12.7 Å². The third kappa shape index (κ3) is 4.30. The molecule has 35 heavy (non-hydrogen) atoms. The van der Waals surface area contributed by atoms with Crippen LogP contribution in [0, 0.1) is 45.3 Å². The van der Waals surface area contributed by atoms with E-state index in [1.165, 1.54) is 7.11 Å². The maximum absolute atomic E-state index is 10.2. The molecule has 1 aliphatic carbocycles. The van der Waals surface area contributed by atoms with E-state index in [-0.39, 0.29) is 23.8 Å². The van der Waals surface area contributed by atoms with Gasteiger partial charge in [0.25, 0.3) is 0 Å². The number of hydrogen-bond acceptors (Lipinski definition) is 7. The zero-order chi connectivity index (χ0) is 25.2. The molecule has 0 amide bonds. The summed E-state index contributed by atoms with van der Waals surface area (Å²) in [4.78, 5) is 0. The van der Waals surface area contributed by atoms with Crippen LogP contribution in [0.5, 0.6) is 11.5 Å². The van der Waals surface area contributed by atoms with Gasteiger partial charge in [-0.1, -0.05) is 41.4 Å². The van der Waals surface area contributed by atoms with E-state index in [4.69, 9.17) is 38.4 Å². The molecule has 0 saturated heterocycles. The van der Waals surface area contributed by atoms with Crippen molar-refractivity contribution >= 4 is 35.0 Å². The van der Waals surface area contributed by atoms with Gasteiger partial charge in [-0.15, -0.1) is 0 Å². The first-order valence-corrected chi connectivity index (χ1v) is 12.6. The van der Waals surface area contributed by atoms with Crippen molar-refractivity contribution in [2.75, 3.05) is 18.6 Å². The van der Waals surface area contributed by atoms with Crippen LogP contribution < -0.4 is 15.2 Å². The van der Waals surface area contributed by atoms with Crippen molar-refractivity contribution in [1.29, 1.82) is 15.8 Å². The number of fused-ring (bicyclic) bond motifs is 1. The fourth-order valence-corrected chi connectivity index (χ4v) is 6.03. The second-order valence-electron chi connectivity index (χ2n) is 8.16. The normalized spacial score (nSPS) is 20.5. The topological polar surface area (TPSA) is 116 Å². The number of nitrogens with zero attached hydrogens (tertiary/aromatic N) is 3. The zero-order valence-corrected chi connectivity index (χ0v) is 21.0. The molecule has 1 heterocycles. The minimum atomic E-state index is -1.68. The zero-order valence-electron chi connectivity index (χ0n) is 18.7. The Labute approximate surface area is 218 Å². The predicted octanol–water partition coefficient (Wildman–Crippen LogP) is 5.74. The Bertz CT molecular complexity index is 1350. The maximum Gasteiger partial charge on any atom is 0.191 e. The summed E-state index contributed by atoms with van der Waals surface area (Å²) in [7, 11) is 1.53. The smallest absolute Gasteiger partial charge is 0.191 e. The fourth-order valence-electron chi connectivity index (χ4n) is 4.65. The highest BCUT2D eigenvalue weighted by atomic mass is 35.5. The van der Waals surface area contributed by atoms with Crippen molar-refractivity contribution in [2.24, 2.45) is 17.1 Å². The maximum atomic E-state index is 10.2. The summed E-state index contributed by atoms with van der Waals surface area (Å²) in [5, 5.41) is 31.0. The Kier molecular flexibility index (Phi) is 7.20. The molecule has 0 bridgehead atoms. The third-order valence-corrected chi connectivity index (χ3v) is 8.10. The third-order valence-electron chi connectivity index (χ3n) is 6.36. The van der Waals surface area contributed by atoms with Gasteiger partial charge in [-0.25, -0.2) is 0 Å². The van der Waals surface area contributed by atoms with E-state index in [2.05, 4.69) is 18.2 Å². The van der Waals surface area contributed by atoms with E-state index in [1.54, 1.807) is 36.0 Å². The van der Waals surface area contributed by atoms with Gasteiger partial charge >= 0.3 is 0 Å². The standard InChI is InChI=1S/C26H20Cl2N4O2S/c1-33-23-9-16(3-5-22(23)34-11-15-2-4-20(27)21(28)8-15)24-19-12-35-7-6-17(19)18(10-29)25(32)26(24,13-30)14-31/h2-6,8-9,19,24H,7,11-12,32H2,1H3/t19-,24+/m1/s1.